The number of carbonyl (C=O) groups excluding carboxylic acids is 1. The number of allylic oxidation sites excluding steroid dienone is 1. The van der Waals surface area contributed by atoms with E-state index in [0.29, 0.717) is 12.4 Å². The first kappa shape index (κ1) is 23.8. The summed E-state index contributed by atoms with van der Waals surface area (Å²) in [5.41, 5.74) is 7.56. The highest BCUT2D eigenvalue weighted by Crippen LogP contribution is 2.35. The number of hydrogen-bond donors (Lipinski definition) is 1. The number of nitrogens with one attached hydrogen (secondary N) is 1. The fourth-order valence-corrected chi connectivity index (χ4v) is 5.33. The Bertz CT molecular complexity index is 1620. The summed E-state index contributed by atoms with van der Waals surface area (Å²) in [6, 6.07) is 18.0. The van der Waals surface area contributed by atoms with Gasteiger partial charge in [0.15, 0.2) is 0 Å². The van der Waals surface area contributed by atoms with E-state index in [4.69, 9.17) is 14.1 Å². The first-order valence-corrected chi connectivity index (χ1v) is 12.8. The van der Waals surface area contributed by atoms with Crippen LogP contribution in [-0.4, -0.2) is 17.5 Å². The first-order valence-electron chi connectivity index (χ1n) is 12.0. The molecule has 1 amide bonds. The maximum Gasteiger partial charge on any atom is 0.248 e. The van der Waals surface area contributed by atoms with E-state index in [9.17, 15) is 4.79 Å². The minimum Gasteiger partial charge on any atom is -0.493 e. The van der Waals surface area contributed by atoms with Crippen LogP contribution in [0.15, 0.2) is 65.1 Å². The van der Waals surface area contributed by atoms with E-state index in [0.717, 1.165) is 55.2 Å². The van der Waals surface area contributed by atoms with Gasteiger partial charge in [0.25, 0.3) is 0 Å². The van der Waals surface area contributed by atoms with Crippen molar-refractivity contribution in [1.29, 1.82) is 0 Å². The Morgan fingerprint density at radius 2 is 1.86 bits per heavy atom. The molecule has 2 heterocycles. The van der Waals surface area contributed by atoms with Gasteiger partial charge in [-0.3, -0.25) is 4.79 Å². The molecule has 0 atom stereocenters. The molecular formula is C30H28N2O3S. The number of furan rings is 1. The number of thiazole rings is 1. The van der Waals surface area contributed by atoms with E-state index >= 15 is 0 Å². The Hall–Kier alpha value is -3.90. The Morgan fingerprint density at radius 1 is 1.08 bits per heavy atom. The molecule has 0 aliphatic carbocycles. The van der Waals surface area contributed by atoms with Crippen molar-refractivity contribution in [3.63, 3.8) is 0 Å². The number of anilines is 1. The molecule has 0 radical (unpaired) electrons. The lowest BCUT2D eigenvalue weighted by molar-refractivity contribution is -0.111. The molecule has 36 heavy (non-hydrogen) atoms. The maximum atomic E-state index is 12.8. The van der Waals surface area contributed by atoms with Crippen molar-refractivity contribution in [3.05, 3.63) is 83.1 Å². The lowest BCUT2D eigenvalue weighted by atomic mass is 10.0. The fourth-order valence-electron chi connectivity index (χ4n) is 4.26. The van der Waals surface area contributed by atoms with Crippen LogP contribution in [-0.2, 0) is 4.79 Å². The molecule has 0 spiro atoms. The van der Waals surface area contributed by atoms with E-state index in [1.807, 2.05) is 64.1 Å². The summed E-state index contributed by atoms with van der Waals surface area (Å²) in [5, 5.41) is 4.96. The largest absolute Gasteiger partial charge is 0.493 e. The lowest BCUT2D eigenvalue weighted by Gasteiger charge is -2.11. The van der Waals surface area contributed by atoms with Crippen LogP contribution in [0.5, 0.6) is 5.75 Å². The highest BCUT2D eigenvalue weighted by atomic mass is 32.1. The number of ether oxygens (including phenoxy) is 1. The first-order chi connectivity index (χ1) is 17.3. The van der Waals surface area contributed by atoms with Crippen LogP contribution in [0, 0.1) is 20.8 Å². The normalized spacial score (nSPS) is 11.9. The van der Waals surface area contributed by atoms with E-state index in [2.05, 4.69) is 30.4 Å². The highest BCUT2D eigenvalue weighted by molar-refractivity contribution is 7.21. The third-order valence-corrected chi connectivity index (χ3v) is 7.36. The summed E-state index contributed by atoms with van der Waals surface area (Å²) >= 11 is 1.67. The summed E-state index contributed by atoms with van der Waals surface area (Å²) < 4.78 is 12.9. The Morgan fingerprint density at radius 3 is 2.61 bits per heavy atom. The number of hydrogen-bond acceptors (Lipinski definition) is 5. The van der Waals surface area contributed by atoms with Gasteiger partial charge in [0.2, 0.25) is 5.91 Å². The van der Waals surface area contributed by atoms with Crippen LogP contribution in [0.4, 0.5) is 5.69 Å². The number of carbonyl (C=O) groups is 1. The summed E-state index contributed by atoms with van der Waals surface area (Å²) in [4.78, 5) is 17.6. The van der Waals surface area contributed by atoms with Crippen LogP contribution >= 0.6 is 11.3 Å². The standard InChI is InChI=1S/C30H28N2O3S/c1-6-34-26-16-27-24(19(4)20(5)35-27)15-23(26)18(3)14-29(33)31-22-10-8-21(9-11-22)30-32-25-12-7-17(2)13-28(25)36-30/h7-16H,6H2,1-5H3,(H,31,33)/b18-14+. The topological polar surface area (TPSA) is 64.4 Å². The van der Waals surface area contributed by atoms with Gasteiger partial charge in [-0.15, -0.1) is 11.3 Å². The van der Waals surface area contributed by atoms with Crippen molar-refractivity contribution in [1.82, 2.24) is 4.98 Å². The van der Waals surface area contributed by atoms with Gasteiger partial charge in [-0.1, -0.05) is 6.07 Å². The molecule has 0 fully saturated rings. The molecule has 0 saturated carbocycles. The quantitative estimate of drug-likeness (QED) is 0.241. The monoisotopic (exact) mass is 496 g/mol. The van der Waals surface area contributed by atoms with Gasteiger partial charge < -0.3 is 14.5 Å². The number of rotatable bonds is 6. The van der Waals surface area contributed by atoms with Gasteiger partial charge in [-0.25, -0.2) is 4.98 Å². The van der Waals surface area contributed by atoms with Gasteiger partial charge in [0.1, 0.15) is 22.1 Å². The summed E-state index contributed by atoms with van der Waals surface area (Å²) in [6.07, 6.45) is 1.61. The molecule has 6 heteroatoms. The lowest BCUT2D eigenvalue weighted by Crippen LogP contribution is -2.08. The SMILES string of the molecule is CCOc1cc2oc(C)c(C)c2cc1/C(C)=C/C(=O)Nc1ccc(-c2nc3ccc(C)cc3s2)cc1. The second-order valence-electron chi connectivity index (χ2n) is 8.94. The number of amides is 1. The minimum atomic E-state index is -0.196. The Kier molecular flexibility index (Phi) is 6.37. The maximum absolute atomic E-state index is 12.8. The van der Waals surface area contributed by atoms with Gasteiger partial charge >= 0.3 is 0 Å². The molecule has 0 aliphatic heterocycles. The van der Waals surface area contributed by atoms with E-state index in [1.165, 1.54) is 10.3 Å². The third-order valence-electron chi connectivity index (χ3n) is 6.29. The molecule has 182 valence electrons. The van der Waals surface area contributed by atoms with Crippen LogP contribution < -0.4 is 10.1 Å². The number of aryl methyl sites for hydroxylation is 3. The van der Waals surface area contributed by atoms with Crippen molar-refractivity contribution >= 4 is 49.7 Å². The highest BCUT2D eigenvalue weighted by Gasteiger charge is 2.15. The Balaban J connectivity index is 1.36. The minimum absolute atomic E-state index is 0.196. The zero-order chi connectivity index (χ0) is 25.4. The molecular weight excluding hydrogens is 468 g/mol. The molecule has 1 N–H and O–H groups in total. The van der Waals surface area contributed by atoms with Crippen molar-refractivity contribution < 1.29 is 13.9 Å². The molecule has 0 saturated heterocycles. The predicted molar refractivity (Wildman–Crippen MR) is 149 cm³/mol. The van der Waals surface area contributed by atoms with Gasteiger partial charge in [0, 0.05) is 34.3 Å². The molecule has 5 rings (SSSR count). The molecule has 2 aromatic heterocycles. The molecule has 0 aliphatic rings. The molecule has 0 bridgehead atoms. The van der Waals surface area contributed by atoms with E-state index in [-0.39, 0.29) is 5.91 Å². The Labute approximate surface area is 214 Å². The predicted octanol–water partition coefficient (Wildman–Crippen LogP) is 8.08. The van der Waals surface area contributed by atoms with Crippen LogP contribution in [0.1, 0.15) is 36.3 Å². The van der Waals surface area contributed by atoms with Crippen LogP contribution in [0.25, 0.3) is 37.3 Å². The van der Waals surface area contributed by atoms with Gasteiger partial charge in [0.05, 0.1) is 16.8 Å². The summed E-state index contributed by atoms with van der Waals surface area (Å²) in [7, 11) is 0. The molecule has 5 aromatic rings. The van der Waals surface area contributed by atoms with E-state index < -0.39 is 0 Å². The van der Waals surface area contributed by atoms with Crippen molar-refractivity contribution in [2.45, 2.75) is 34.6 Å². The van der Waals surface area contributed by atoms with Crippen LogP contribution in [0.2, 0.25) is 0 Å². The smallest absolute Gasteiger partial charge is 0.248 e. The van der Waals surface area contributed by atoms with Gasteiger partial charge in [-0.2, -0.15) is 0 Å². The zero-order valence-corrected chi connectivity index (χ0v) is 21.9. The average molecular weight is 497 g/mol. The molecule has 0 unspecified atom stereocenters. The average Bonchev–Trinajstić information content (AvgIpc) is 3.39. The second kappa shape index (κ2) is 9.63. The summed E-state index contributed by atoms with van der Waals surface area (Å²) in [6.45, 7) is 10.5. The second-order valence-corrected chi connectivity index (χ2v) is 9.98. The summed E-state index contributed by atoms with van der Waals surface area (Å²) in [5.74, 6) is 1.39. The van der Waals surface area contributed by atoms with E-state index in [1.54, 1.807) is 17.4 Å². The van der Waals surface area contributed by atoms with Gasteiger partial charge in [-0.05, 0) is 93.8 Å². The van der Waals surface area contributed by atoms with Crippen molar-refractivity contribution in [3.8, 4) is 16.3 Å². The van der Waals surface area contributed by atoms with Crippen molar-refractivity contribution in [2.24, 2.45) is 0 Å². The number of aromatic nitrogens is 1. The number of nitrogens with zero attached hydrogens (tertiary/aromatic N) is 1. The third kappa shape index (κ3) is 4.64. The molecule has 5 nitrogen and oxygen atoms in total. The fraction of sp³-hybridized carbons (Fsp3) is 0.200. The van der Waals surface area contributed by atoms with Crippen molar-refractivity contribution in [2.75, 3.05) is 11.9 Å². The number of fused-ring (bicyclic) bond motifs is 2. The van der Waals surface area contributed by atoms with Crippen LogP contribution in [0.3, 0.4) is 0 Å². The zero-order valence-electron chi connectivity index (χ0n) is 21.1. The molecule has 3 aromatic carbocycles. The number of benzene rings is 3.